The number of hydrogen-bond donors (Lipinski definition) is 2. The molecule has 0 amide bonds. The number of hydrogen-bond acceptors (Lipinski definition) is 3. The van der Waals surface area contributed by atoms with Crippen molar-refractivity contribution in [2.24, 2.45) is 0 Å². The van der Waals surface area contributed by atoms with Gasteiger partial charge in [0.15, 0.2) is 0 Å². The average molecular weight is 356 g/mol. The van der Waals surface area contributed by atoms with Crippen LogP contribution in [-0.2, 0) is 10.0 Å². The molecule has 2 N–H and O–H groups in total. The minimum Gasteiger partial charge on any atom is -0.320 e. The summed E-state index contributed by atoms with van der Waals surface area (Å²) in [4.78, 5) is 0. The predicted molar refractivity (Wildman–Crippen MR) is 79.7 cm³/mol. The van der Waals surface area contributed by atoms with Crippen molar-refractivity contribution in [3.63, 3.8) is 0 Å². The van der Waals surface area contributed by atoms with Gasteiger partial charge in [-0.1, -0.05) is 27.5 Å². The maximum absolute atomic E-state index is 11.8. The summed E-state index contributed by atoms with van der Waals surface area (Å²) in [6.07, 6.45) is 1.44. The van der Waals surface area contributed by atoms with E-state index in [0.29, 0.717) is 17.1 Å². The Morgan fingerprint density at radius 1 is 1.33 bits per heavy atom. The molecule has 102 valence electrons. The highest BCUT2D eigenvalue weighted by atomic mass is 79.9. The van der Waals surface area contributed by atoms with E-state index in [4.69, 9.17) is 11.6 Å². The standard InChI is InChI=1S/C11H16BrClN2O2S/c1-14-6-2-3-7-18(16,17)15-11-5-4-9(12)8-10(11)13/h4-5,8,14-15H,2-3,6-7H2,1H3. The molecule has 1 rings (SSSR count). The van der Waals surface area contributed by atoms with Crippen LogP contribution in [0.2, 0.25) is 5.02 Å². The van der Waals surface area contributed by atoms with E-state index < -0.39 is 10.0 Å². The van der Waals surface area contributed by atoms with Crippen LogP contribution in [0, 0.1) is 0 Å². The number of unbranched alkanes of at least 4 members (excludes halogenated alkanes) is 1. The molecule has 0 bridgehead atoms. The Hall–Kier alpha value is -0.300. The molecule has 7 heteroatoms. The van der Waals surface area contributed by atoms with Gasteiger partial charge < -0.3 is 5.32 Å². The molecule has 0 atom stereocenters. The summed E-state index contributed by atoms with van der Waals surface area (Å²) in [5.41, 5.74) is 0.411. The number of sulfonamides is 1. The summed E-state index contributed by atoms with van der Waals surface area (Å²) in [5.74, 6) is 0.0983. The van der Waals surface area contributed by atoms with Crippen LogP contribution < -0.4 is 10.0 Å². The summed E-state index contributed by atoms with van der Waals surface area (Å²) in [6, 6.07) is 5.03. The van der Waals surface area contributed by atoms with Gasteiger partial charge >= 0.3 is 0 Å². The Kier molecular flexibility index (Phi) is 6.42. The largest absolute Gasteiger partial charge is 0.320 e. The van der Waals surface area contributed by atoms with Crippen LogP contribution in [0.15, 0.2) is 22.7 Å². The van der Waals surface area contributed by atoms with Gasteiger partial charge in [0.2, 0.25) is 10.0 Å². The minimum absolute atomic E-state index is 0.0983. The van der Waals surface area contributed by atoms with Gasteiger partial charge in [-0.2, -0.15) is 0 Å². The van der Waals surface area contributed by atoms with E-state index in [-0.39, 0.29) is 5.75 Å². The van der Waals surface area contributed by atoms with E-state index in [9.17, 15) is 8.42 Å². The van der Waals surface area contributed by atoms with Crippen molar-refractivity contribution >= 4 is 43.2 Å². The highest BCUT2D eigenvalue weighted by molar-refractivity contribution is 9.10. The Labute approximate surface area is 121 Å². The second kappa shape index (κ2) is 7.33. The van der Waals surface area contributed by atoms with Crippen molar-refractivity contribution in [1.82, 2.24) is 5.32 Å². The first-order valence-corrected chi connectivity index (χ1v) is 8.37. The van der Waals surface area contributed by atoms with Crippen LogP contribution in [0.4, 0.5) is 5.69 Å². The highest BCUT2D eigenvalue weighted by Crippen LogP contribution is 2.26. The predicted octanol–water partition coefficient (Wildman–Crippen LogP) is 2.84. The van der Waals surface area contributed by atoms with Gasteiger partial charge in [-0.15, -0.1) is 0 Å². The molecule has 0 fully saturated rings. The van der Waals surface area contributed by atoms with Crippen molar-refractivity contribution in [3.8, 4) is 0 Å². The molecular formula is C11H16BrClN2O2S. The molecular weight excluding hydrogens is 340 g/mol. The summed E-state index contributed by atoms with van der Waals surface area (Å²) >= 11 is 9.22. The van der Waals surface area contributed by atoms with Crippen LogP contribution in [0.5, 0.6) is 0 Å². The highest BCUT2D eigenvalue weighted by Gasteiger charge is 2.12. The third kappa shape index (κ3) is 5.56. The first kappa shape index (κ1) is 15.8. The SMILES string of the molecule is CNCCCCS(=O)(=O)Nc1ccc(Br)cc1Cl. The van der Waals surface area contributed by atoms with Crippen molar-refractivity contribution in [2.75, 3.05) is 24.1 Å². The number of rotatable bonds is 7. The van der Waals surface area contributed by atoms with Gasteiger partial charge in [-0.05, 0) is 44.6 Å². The molecule has 0 radical (unpaired) electrons. The molecule has 0 saturated heterocycles. The van der Waals surface area contributed by atoms with Gasteiger partial charge in [0.25, 0.3) is 0 Å². The molecule has 0 aromatic heterocycles. The number of nitrogens with one attached hydrogen (secondary N) is 2. The normalized spacial score (nSPS) is 11.5. The van der Waals surface area contributed by atoms with E-state index in [1.54, 1.807) is 18.2 Å². The Bertz CT molecular complexity index is 494. The van der Waals surface area contributed by atoms with E-state index >= 15 is 0 Å². The number of halogens is 2. The molecule has 4 nitrogen and oxygen atoms in total. The van der Waals surface area contributed by atoms with Gasteiger partial charge in [-0.3, -0.25) is 4.72 Å². The lowest BCUT2D eigenvalue weighted by atomic mass is 10.3. The molecule has 0 aliphatic rings. The number of anilines is 1. The maximum Gasteiger partial charge on any atom is 0.232 e. The zero-order valence-electron chi connectivity index (χ0n) is 10.0. The fourth-order valence-electron chi connectivity index (χ4n) is 1.38. The second-order valence-electron chi connectivity index (χ2n) is 3.86. The molecule has 0 heterocycles. The summed E-state index contributed by atoms with van der Waals surface area (Å²) in [7, 11) is -1.49. The molecule has 1 aromatic rings. The quantitative estimate of drug-likeness (QED) is 0.739. The molecule has 0 saturated carbocycles. The van der Waals surface area contributed by atoms with Gasteiger partial charge in [0.1, 0.15) is 0 Å². The summed E-state index contributed by atoms with van der Waals surface area (Å²) in [6.45, 7) is 0.814. The van der Waals surface area contributed by atoms with Crippen LogP contribution in [0.25, 0.3) is 0 Å². The summed E-state index contributed by atoms with van der Waals surface area (Å²) in [5, 5.41) is 3.36. The lowest BCUT2D eigenvalue weighted by Crippen LogP contribution is -2.18. The third-order valence-electron chi connectivity index (χ3n) is 2.29. The smallest absolute Gasteiger partial charge is 0.232 e. The lowest BCUT2D eigenvalue weighted by molar-refractivity contribution is 0.595. The second-order valence-corrected chi connectivity index (χ2v) is 7.02. The van der Waals surface area contributed by atoms with Crippen LogP contribution in [0.1, 0.15) is 12.8 Å². The first-order chi connectivity index (χ1) is 8.44. The van der Waals surface area contributed by atoms with Crippen molar-refractivity contribution in [2.45, 2.75) is 12.8 Å². The zero-order chi connectivity index (χ0) is 13.6. The molecule has 18 heavy (non-hydrogen) atoms. The molecule has 0 unspecified atom stereocenters. The van der Waals surface area contributed by atoms with Crippen LogP contribution in [0.3, 0.4) is 0 Å². The lowest BCUT2D eigenvalue weighted by Gasteiger charge is -2.09. The van der Waals surface area contributed by atoms with Crippen molar-refractivity contribution in [1.29, 1.82) is 0 Å². The van der Waals surface area contributed by atoms with E-state index in [0.717, 1.165) is 17.4 Å². The van der Waals surface area contributed by atoms with E-state index in [1.807, 2.05) is 7.05 Å². The molecule has 0 aliphatic carbocycles. The van der Waals surface area contributed by atoms with Crippen LogP contribution in [-0.4, -0.2) is 27.8 Å². The summed E-state index contributed by atoms with van der Waals surface area (Å²) < 4.78 is 26.9. The monoisotopic (exact) mass is 354 g/mol. The van der Waals surface area contributed by atoms with Gasteiger partial charge in [0.05, 0.1) is 16.5 Å². The zero-order valence-corrected chi connectivity index (χ0v) is 13.2. The average Bonchev–Trinajstić information content (AvgIpc) is 2.28. The Morgan fingerprint density at radius 3 is 2.67 bits per heavy atom. The van der Waals surface area contributed by atoms with Gasteiger partial charge in [-0.25, -0.2) is 8.42 Å². The minimum atomic E-state index is -3.33. The maximum atomic E-state index is 11.8. The van der Waals surface area contributed by atoms with Crippen molar-refractivity contribution < 1.29 is 8.42 Å². The Morgan fingerprint density at radius 2 is 2.06 bits per heavy atom. The van der Waals surface area contributed by atoms with E-state index in [1.165, 1.54) is 0 Å². The fourth-order valence-corrected chi connectivity index (χ4v) is 3.36. The molecule has 0 aliphatic heterocycles. The topological polar surface area (TPSA) is 58.2 Å². The fraction of sp³-hybridized carbons (Fsp3) is 0.455. The molecule has 0 spiro atoms. The first-order valence-electron chi connectivity index (χ1n) is 5.55. The van der Waals surface area contributed by atoms with Crippen LogP contribution >= 0.6 is 27.5 Å². The van der Waals surface area contributed by atoms with Crippen molar-refractivity contribution in [3.05, 3.63) is 27.7 Å². The number of benzene rings is 1. The van der Waals surface area contributed by atoms with Gasteiger partial charge in [0, 0.05) is 4.47 Å². The third-order valence-corrected chi connectivity index (χ3v) is 4.45. The Balaban J connectivity index is 2.59. The molecule has 1 aromatic carbocycles. The van der Waals surface area contributed by atoms with E-state index in [2.05, 4.69) is 26.0 Å².